The molecule has 176 valence electrons. The monoisotopic (exact) mass is 461 g/mol. The lowest BCUT2D eigenvalue weighted by molar-refractivity contribution is -0.127. The van der Waals surface area contributed by atoms with Crippen LogP contribution in [0.15, 0.2) is 23.1 Å². The van der Waals surface area contributed by atoms with E-state index in [4.69, 9.17) is 0 Å². The average Bonchev–Trinajstić information content (AvgIpc) is 3.34. The summed E-state index contributed by atoms with van der Waals surface area (Å²) in [4.78, 5) is 26.8. The van der Waals surface area contributed by atoms with Gasteiger partial charge >= 0.3 is 0 Å². The summed E-state index contributed by atoms with van der Waals surface area (Å²) in [5.74, 6) is 0.427. The number of carbonyl (C=O) groups excluding carboxylic acids is 2. The van der Waals surface area contributed by atoms with Crippen LogP contribution >= 0.6 is 0 Å². The Hall–Kier alpha value is -1.93. The van der Waals surface area contributed by atoms with Gasteiger partial charge in [0.1, 0.15) is 0 Å². The molecule has 7 nitrogen and oxygen atoms in total. The van der Waals surface area contributed by atoms with E-state index in [0.717, 1.165) is 49.8 Å². The maximum absolute atomic E-state index is 12.9. The van der Waals surface area contributed by atoms with Gasteiger partial charge in [-0.3, -0.25) is 9.59 Å². The SMILES string of the molecule is CN1C(=O)C(C)(C)c2cc(S(=O)(=O)NCC3CCC(C(=O)NC4CCCC4)CC3)ccc21. The van der Waals surface area contributed by atoms with Crippen molar-refractivity contribution in [2.45, 2.75) is 81.6 Å². The molecule has 1 aliphatic heterocycles. The van der Waals surface area contributed by atoms with E-state index in [1.165, 1.54) is 12.8 Å². The van der Waals surface area contributed by atoms with Crippen LogP contribution in [0.2, 0.25) is 0 Å². The number of anilines is 1. The molecule has 32 heavy (non-hydrogen) atoms. The second-order valence-corrected chi connectivity index (χ2v) is 12.0. The predicted molar refractivity (Wildman–Crippen MR) is 124 cm³/mol. The fourth-order valence-corrected chi connectivity index (χ4v) is 6.59. The zero-order valence-corrected chi connectivity index (χ0v) is 20.1. The molecule has 8 heteroatoms. The first-order valence-electron chi connectivity index (χ1n) is 11.8. The molecule has 2 N–H and O–H groups in total. The molecule has 0 radical (unpaired) electrons. The van der Waals surface area contributed by atoms with E-state index in [-0.39, 0.29) is 28.5 Å². The Balaban J connectivity index is 1.32. The van der Waals surface area contributed by atoms with Crippen molar-refractivity contribution < 1.29 is 18.0 Å². The molecular formula is C24H35N3O4S. The largest absolute Gasteiger partial charge is 0.353 e. The number of amides is 2. The number of rotatable bonds is 6. The van der Waals surface area contributed by atoms with Crippen LogP contribution in [0.25, 0.3) is 0 Å². The average molecular weight is 462 g/mol. The lowest BCUT2D eigenvalue weighted by atomic mass is 9.81. The van der Waals surface area contributed by atoms with Crippen LogP contribution in [-0.2, 0) is 25.0 Å². The number of hydrogen-bond donors (Lipinski definition) is 2. The summed E-state index contributed by atoms with van der Waals surface area (Å²) in [5, 5.41) is 3.20. The van der Waals surface area contributed by atoms with E-state index in [1.807, 2.05) is 13.8 Å². The van der Waals surface area contributed by atoms with E-state index >= 15 is 0 Å². The third-order valence-corrected chi connectivity index (χ3v) is 9.05. The maximum Gasteiger partial charge on any atom is 0.240 e. The van der Waals surface area contributed by atoms with E-state index in [1.54, 1.807) is 30.1 Å². The Morgan fingerprint density at radius 1 is 1.09 bits per heavy atom. The highest BCUT2D eigenvalue weighted by Crippen LogP contribution is 2.41. The summed E-state index contributed by atoms with van der Waals surface area (Å²) in [7, 11) is -1.96. The Kier molecular flexibility index (Phi) is 6.38. The smallest absolute Gasteiger partial charge is 0.240 e. The first-order chi connectivity index (χ1) is 15.1. The second kappa shape index (κ2) is 8.78. The number of nitrogens with one attached hydrogen (secondary N) is 2. The Bertz CT molecular complexity index is 990. The zero-order chi connectivity index (χ0) is 23.1. The minimum Gasteiger partial charge on any atom is -0.353 e. The van der Waals surface area contributed by atoms with Gasteiger partial charge in [0.2, 0.25) is 21.8 Å². The minimum absolute atomic E-state index is 0.0382. The van der Waals surface area contributed by atoms with Crippen molar-refractivity contribution in [3.8, 4) is 0 Å². The van der Waals surface area contributed by atoms with Crippen LogP contribution in [-0.4, -0.2) is 39.9 Å². The van der Waals surface area contributed by atoms with E-state index in [0.29, 0.717) is 12.6 Å². The Morgan fingerprint density at radius 2 is 1.75 bits per heavy atom. The van der Waals surface area contributed by atoms with Crippen molar-refractivity contribution in [2.75, 3.05) is 18.5 Å². The van der Waals surface area contributed by atoms with Gasteiger partial charge in [-0.2, -0.15) is 0 Å². The summed E-state index contributed by atoms with van der Waals surface area (Å²) in [6, 6.07) is 5.25. The van der Waals surface area contributed by atoms with Gasteiger partial charge in [-0.05, 0) is 82.1 Å². The van der Waals surface area contributed by atoms with Crippen LogP contribution in [0.3, 0.4) is 0 Å². The Labute approximate surface area is 191 Å². The molecule has 1 heterocycles. The van der Waals surface area contributed by atoms with Gasteiger partial charge in [0.25, 0.3) is 0 Å². The standard InChI is InChI=1S/C24H35N3O4S/c1-24(2)20-14-19(12-13-21(20)27(3)23(24)29)32(30,31)25-15-16-8-10-17(11-9-16)22(28)26-18-6-4-5-7-18/h12-14,16-18,25H,4-11,15H2,1-3H3,(H,26,28). The molecular weight excluding hydrogens is 426 g/mol. The molecule has 0 aromatic heterocycles. The number of carbonyl (C=O) groups is 2. The molecule has 0 bridgehead atoms. The van der Waals surface area contributed by atoms with Crippen molar-refractivity contribution in [3.05, 3.63) is 23.8 Å². The predicted octanol–water partition coefficient (Wildman–Crippen LogP) is 3.08. The molecule has 2 aliphatic carbocycles. The van der Waals surface area contributed by atoms with Crippen LogP contribution in [0, 0.1) is 11.8 Å². The van der Waals surface area contributed by atoms with Crippen LogP contribution in [0.1, 0.15) is 70.8 Å². The molecule has 0 unspecified atom stereocenters. The minimum atomic E-state index is -3.67. The molecule has 0 atom stereocenters. The van der Waals surface area contributed by atoms with E-state index in [9.17, 15) is 18.0 Å². The number of fused-ring (bicyclic) bond motifs is 1. The molecule has 1 aromatic carbocycles. The molecule has 1 aromatic rings. The summed E-state index contributed by atoms with van der Waals surface area (Å²) in [5.41, 5.74) is 0.752. The molecule has 2 saturated carbocycles. The summed E-state index contributed by atoms with van der Waals surface area (Å²) in [6.45, 7) is 4.02. The van der Waals surface area contributed by atoms with Gasteiger partial charge in [-0.25, -0.2) is 13.1 Å². The fraction of sp³-hybridized carbons (Fsp3) is 0.667. The summed E-state index contributed by atoms with van der Waals surface area (Å²) in [6.07, 6.45) is 7.90. The van der Waals surface area contributed by atoms with E-state index in [2.05, 4.69) is 10.0 Å². The Morgan fingerprint density at radius 3 is 2.41 bits per heavy atom. The van der Waals surface area contributed by atoms with Gasteiger partial charge in [0, 0.05) is 31.2 Å². The molecule has 2 fully saturated rings. The number of sulfonamides is 1. The van der Waals surface area contributed by atoms with Crippen molar-refractivity contribution in [2.24, 2.45) is 11.8 Å². The highest BCUT2D eigenvalue weighted by molar-refractivity contribution is 7.89. The molecule has 3 aliphatic rings. The van der Waals surface area contributed by atoms with Gasteiger partial charge in [0.15, 0.2) is 0 Å². The van der Waals surface area contributed by atoms with Crippen LogP contribution in [0.5, 0.6) is 0 Å². The van der Waals surface area contributed by atoms with Crippen LogP contribution < -0.4 is 14.9 Å². The summed E-state index contributed by atoms with van der Waals surface area (Å²) >= 11 is 0. The third kappa shape index (κ3) is 4.44. The van der Waals surface area contributed by atoms with E-state index < -0.39 is 15.4 Å². The lowest BCUT2D eigenvalue weighted by Crippen LogP contribution is -2.39. The second-order valence-electron chi connectivity index (χ2n) is 10.2. The van der Waals surface area contributed by atoms with Gasteiger partial charge in [-0.15, -0.1) is 0 Å². The maximum atomic E-state index is 12.9. The van der Waals surface area contributed by atoms with Gasteiger partial charge < -0.3 is 10.2 Å². The van der Waals surface area contributed by atoms with Gasteiger partial charge in [0.05, 0.1) is 10.3 Å². The topological polar surface area (TPSA) is 95.6 Å². The molecule has 2 amide bonds. The van der Waals surface area contributed by atoms with Crippen LogP contribution in [0.4, 0.5) is 5.69 Å². The highest BCUT2D eigenvalue weighted by atomic mass is 32.2. The van der Waals surface area contributed by atoms with Crippen molar-refractivity contribution in [1.82, 2.24) is 10.0 Å². The molecule has 4 rings (SSSR count). The summed E-state index contributed by atoms with van der Waals surface area (Å²) < 4.78 is 28.6. The number of benzene rings is 1. The first-order valence-corrected chi connectivity index (χ1v) is 13.3. The lowest BCUT2D eigenvalue weighted by Gasteiger charge is -2.28. The number of hydrogen-bond acceptors (Lipinski definition) is 4. The normalized spacial score (nSPS) is 25.7. The van der Waals surface area contributed by atoms with Crippen molar-refractivity contribution in [3.63, 3.8) is 0 Å². The van der Waals surface area contributed by atoms with Crippen molar-refractivity contribution in [1.29, 1.82) is 0 Å². The first kappa shape index (κ1) is 23.2. The molecule has 0 saturated heterocycles. The zero-order valence-electron chi connectivity index (χ0n) is 19.3. The number of likely N-dealkylation sites (N-methyl/N-ethyl adjacent to an activating group) is 1. The third-order valence-electron chi connectivity index (χ3n) is 7.63. The number of nitrogens with zero attached hydrogens (tertiary/aromatic N) is 1. The highest BCUT2D eigenvalue weighted by Gasteiger charge is 2.42. The van der Waals surface area contributed by atoms with Crippen molar-refractivity contribution >= 4 is 27.5 Å². The fourth-order valence-electron chi connectivity index (χ4n) is 5.45. The molecule has 0 spiro atoms. The van der Waals surface area contributed by atoms with Gasteiger partial charge in [-0.1, -0.05) is 12.8 Å². The quantitative estimate of drug-likeness (QED) is 0.681.